The van der Waals surface area contributed by atoms with E-state index in [4.69, 9.17) is 5.41 Å². The average Bonchev–Trinajstić information content (AvgIpc) is 3.80. The maximum Gasteiger partial charge on any atom is 0.267 e. The summed E-state index contributed by atoms with van der Waals surface area (Å²) in [6.07, 6.45) is 11.4. The maximum atomic E-state index is 13.6. The van der Waals surface area contributed by atoms with E-state index in [-0.39, 0.29) is 29.6 Å². The molecule has 0 atom stereocenters. The molecule has 1 amide bonds. The van der Waals surface area contributed by atoms with Gasteiger partial charge in [-0.2, -0.15) is 0 Å². The molecule has 1 aliphatic heterocycles. The van der Waals surface area contributed by atoms with Gasteiger partial charge < -0.3 is 21.4 Å². The first kappa shape index (κ1) is 25.9. The molecule has 3 aromatic rings. The second-order valence-corrected chi connectivity index (χ2v) is 9.88. The van der Waals surface area contributed by atoms with Crippen LogP contribution in [0.15, 0.2) is 115 Å². The van der Waals surface area contributed by atoms with Crippen LogP contribution in [0.5, 0.6) is 0 Å². The quantitative estimate of drug-likeness (QED) is 0.162. The largest absolute Gasteiger partial charge is 0.382 e. The minimum atomic E-state index is -0.553. The third kappa shape index (κ3) is 5.75. The smallest absolute Gasteiger partial charge is 0.267 e. The van der Waals surface area contributed by atoms with Gasteiger partial charge in [-0.15, -0.1) is 0 Å². The zero-order chi connectivity index (χ0) is 27.2. The molecule has 6 heteroatoms. The van der Waals surface area contributed by atoms with Gasteiger partial charge in [-0.25, -0.2) is 0 Å². The highest BCUT2D eigenvalue weighted by atomic mass is 16.2. The first-order valence-corrected chi connectivity index (χ1v) is 13.2. The lowest BCUT2D eigenvalue weighted by atomic mass is 9.84. The summed E-state index contributed by atoms with van der Waals surface area (Å²) in [6.45, 7) is 5.25. The highest BCUT2D eigenvalue weighted by Crippen LogP contribution is 2.50. The highest BCUT2D eigenvalue weighted by molar-refractivity contribution is 6.48. The highest BCUT2D eigenvalue weighted by Gasteiger charge is 2.50. The van der Waals surface area contributed by atoms with E-state index in [0.29, 0.717) is 17.7 Å². The summed E-state index contributed by atoms with van der Waals surface area (Å²) >= 11 is 0. The molecule has 39 heavy (non-hydrogen) atoms. The molecule has 0 unspecified atom stereocenters. The topological polar surface area (TPSA) is 94.1 Å². The summed E-state index contributed by atoms with van der Waals surface area (Å²) in [7, 11) is 0. The number of dihydropyridines is 1. The van der Waals surface area contributed by atoms with Crippen LogP contribution in [-0.4, -0.2) is 30.5 Å². The van der Waals surface area contributed by atoms with Crippen LogP contribution >= 0.6 is 0 Å². The molecule has 0 radical (unpaired) electrons. The molecule has 1 heterocycles. The summed E-state index contributed by atoms with van der Waals surface area (Å²) in [5.74, 6) is -0.637. The summed E-state index contributed by atoms with van der Waals surface area (Å²) < 4.78 is 0. The van der Waals surface area contributed by atoms with E-state index in [0.717, 1.165) is 41.4 Å². The zero-order valence-electron chi connectivity index (χ0n) is 21.8. The van der Waals surface area contributed by atoms with E-state index in [1.807, 2.05) is 60.7 Å². The third-order valence-electron chi connectivity index (χ3n) is 7.30. The van der Waals surface area contributed by atoms with E-state index in [2.05, 4.69) is 46.8 Å². The monoisotopic (exact) mass is 516 g/mol. The summed E-state index contributed by atoms with van der Waals surface area (Å²) in [5.41, 5.74) is 2.93. The molecule has 196 valence electrons. The second-order valence-electron chi connectivity index (χ2n) is 9.88. The fourth-order valence-electron chi connectivity index (χ4n) is 4.86. The Morgan fingerprint density at radius 2 is 1.77 bits per heavy atom. The molecule has 1 fully saturated rings. The van der Waals surface area contributed by atoms with Crippen LogP contribution in [0, 0.1) is 5.41 Å². The maximum absolute atomic E-state index is 13.6. The number of allylic oxidation sites excluding steroid dienone is 3. The second kappa shape index (κ2) is 11.4. The summed E-state index contributed by atoms with van der Waals surface area (Å²) in [4.78, 5) is 26.2. The number of carbonyl (C=O) groups excluding carboxylic acids is 2. The van der Waals surface area contributed by atoms with Crippen molar-refractivity contribution in [2.24, 2.45) is 0 Å². The minimum absolute atomic E-state index is 0.104. The van der Waals surface area contributed by atoms with Crippen LogP contribution in [0.1, 0.15) is 34.3 Å². The van der Waals surface area contributed by atoms with Crippen LogP contribution in [0.25, 0.3) is 10.8 Å². The third-order valence-corrected chi connectivity index (χ3v) is 7.30. The molecule has 2 aliphatic rings. The first-order valence-electron chi connectivity index (χ1n) is 13.2. The number of rotatable bonds is 11. The van der Waals surface area contributed by atoms with Crippen molar-refractivity contribution < 1.29 is 9.59 Å². The molecular weight excluding hydrogens is 484 g/mol. The number of benzene rings is 3. The van der Waals surface area contributed by atoms with Crippen molar-refractivity contribution in [3.05, 3.63) is 132 Å². The van der Waals surface area contributed by atoms with Crippen molar-refractivity contribution >= 4 is 28.2 Å². The van der Waals surface area contributed by atoms with Crippen molar-refractivity contribution in [1.29, 1.82) is 5.41 Å². The first-order chi connectivity index (χ1) is 19.0. The number of amides is 1. The normalized spacial score (nSPS) is 15.3. The fraction of sp³-hybridized carbons (Fsp3) is 0.182. The Labute approximate surface area is 228 Å². The fourth-order valence-corrected chi connectivity index (χ4v) is 4.86. The SMILES string of the molecule is C=C(NC/C=C/C1=CC=CCN1)C(=O)NCc1ccccc1C(=O)C(=N)C1(c2ccc3ccccc3c2)CC1. The Balaban J connectivity index is 1.21. The van der Waals surface area contributed by atoms with Crippen molar-refractivity contribution in [3.63, 3.8) is 0 Å². The Bertz CT molecular complexity index is 1540. The van der Waals surface area contributed by atoms with Crippen LogP contribution in [0.3, 0.4) is 0 Å². The molecule has 0 bridgehead atoms. The van der Waals surface area contributed by atoms with E-state index in [9.17, 15) is 9.59 Å². The van der Waals surface area contributed by atoms with E-state index in [1.165, 1.54) is 0 Å². The zero-order valence-corrected chi connectivity index (χ0v) is 21.8. The number of hydrogen-bond acceptors (Lipinski definition) is 5. The summed E-state index contributed by atoms with van der Waals surface area (Å²) in [6, 6.07) is 21.5. The number of fused-ring (bicyclic) bond motifs is 1. The Hall–Kier alpha value is -4.71. The van der Waals surface area contributed by atoms with Gasteiger partial charge >= 0.3 is 0 Å². The molecule has 4 N–H and O–H groups in total. The average molecular weight is 517 g/mol. The molecule has 1 saturated carbocycles. The van der Waals surface area contributed by atoms with Gasteiger partial charge in [-0.05, 0) is 46.9 Å². The Morgan fingerprint density at radius 1 is 1.00 bits per heavy atom. The Kier molecular flexibility index (Phi) is 7.55. The molecule has 1 aliphatic carbocycles. The van der Waals surface area contributed by atoms with Crippen LogP contribution < -0.4 is 16.0 Å². The predicted octanol–water partition coefficient (Wildman–Crippen LogP) is 5.09. The van der Waals surface area contributed by atoms with E-state index in [1.54, 1.807) is 12.1 Å². The van der Waals surface area contributed by atoms with Crippen molar-refractivity contribution in [1.82, 2.24) is 16.0 Å². The molecular formula is C33H32N4O2. The van der Waals surface area contributed by atoms with Crippen LogP contribution in [-0.2, 0) is 16.8 Å². The number of Topliss-reactive ketones (excluding diaryl/α,β-unsaturated/α-hetero) is 1. The van der Waals surface area contributed by atoms with Gasteiger partial charge in [0, 0.05) is 36.3 Å². The van der Waals surface area contributed by atoms with Gasteiger partial charge in [0.2, 0.25) is 5.78 Å². The lowest BCUT2D eigenvalue weighted by molar-refractivity contribution is -0.118. The minimum Gasteiger partial charge on any atom is -0.382 e. The standard InChI is InChI=1S/C33H32N4O2/c1-23(35-20-8-13-28-12-6-7-19-36-28)32(39)37-22-26-11-4-5-14-29(26)30(38)31(34)33(17-18-33)27-16-15-24-9-2-3-10-25(24)21-27/h2-16,21,34-36H,1,17-20,22H2,(H,37,39)/b13-8+,34-31?. The number of carbonyl (C=O) groups is 2. The summed E-state index contributed by atoms with van der Waals surface area (Å²) in [5, 5.41) is 20.2. The van der Waals surface area contributed by atoms with Crippen LogP contribution in [0.4, 0.5) is 0 Å². The molecule has 3 aromatic carbocycles. The van der Waals surface area contributed by atoms with Crippen molar-refractivity contribution in [3.8, 4) is 0 Å². The van der Waals surface area contributed by atoms with Crippen molar-refractivity contribution in [2.45, 2.75) is 24.8 Å². The number of ketones is 1. The molecule has 5 rings (SSSR count). The molecule has 0 saturated heterocycles. The van der Waals surface area contributed by atoms with Gasteiger partial charge in [0.15, 0.2) is 0 Å². The van der Waals surface area contributed by atoms with Gasteiger partial charge in [0.05, 0.1) is 11.4 Å². The molecule has 0 aromatic heterocycles. The van der Waals surface area contributed by atoms with Gasteiger partial charge in [0.1, 0.15) is 0 Å². The number of nitrogens with one attached hydrogen (secondary N) is 4. The molecule has 0 spiro atoms. The Morgan fingerprint density at radius 3 is 2.54 bits per heavy atom. The van der Waals surface area contributed by atoms with Crippen LogP contribution in [0.2, 0.25) is 0 Å². The van der Waals surface area contributed by atoms with E-state index < -0.39 is 5.41 Å². The van der Waals surface area contributed by atoms with E-state index >= 15 is 0 Å². The van der Waals surface area contributed by atoms with Gasteiger partial charge in [0.25, 0.3) is 5.91 Å². The predicted molar refractivity (Wildman–Crippen MR) is 157 cm³/mol. The molecule has 6 nitrogen and oxygen atoms in total. The van der Waals surface area contributed by atoms with Gasteiger partial charge in [-0.3, -0.25) is 9.59 Å². The number of hydrogen-bond donors (Lipinski definition) is 4. The van der Waals surface area contributed by atoms with Gasteiger partial charge in [-0.1, -0.05) is 91.5 Å². The van der Waals surface area contributed by atoms with Crippen molar-refractivity contribution in [2.75, 3.05) is 13.1 Å². The lowest BCUT2D eigenvalue weighted by Gasteiger charge is -2.19. The lowest BCUT2D eigenvalue weighted by Crippen LogP contribution is -2.32.